The molecule has 0 radical (unpaired) electrons. The van der Waals surface area contributed by atoms with Crippen LogP contribution in [0.3, 0.4) is 0 Å². The first-order chi connectivity index (χ1) is 9.49. The van der Waals surface area contributed by atoms with Gasteiger partial charge in [0.25, 0.3) is 5.69 Å². The monoisotopic (exact) mass is 292 g/mol. The average molecular weight is 293 g/mol. The zero-order chi connectivity index (χ0) is 14.7. The van der Waals surface area contributed by atoms with Crippen molar-refractivity contribution in [2.45, 2.75) is 0 Å². The molecule has 0 amide bonds. The molecule has 0 unspecified atom stereocenters. The Kier molecular flexibility index (Phi) is 3.86. The number of phenolic OH excluding ortho intramolecular Hbond substituents is 2. The van der Waals surface area contributed by atoms with Gasteiger partial charge in [-0.25, -0.2) is 0 Å². The maximum absolute atomic E-state index is 10.7. The van der Waals surface area contributed by atoms with Crippen LogP contribution in [0.2, 0.25) is 5.02 Å². The van der Waals surface area contributed by atoms with Crippen molar-refractivity contribution in [1.29, 1.82) is 0 Å². The zero-order valence-electron chi connectivity index (χ0n) is 10.0. The van der Waals surface area contributed by atoms with Gasteiger partial charge in [0.1, 0.15) is 11.4 Å². The van der Waals surface area contributed by atoms with Gasteiger partial charge >= 0.3 is 0 Å². The van der Waals surface area contributed by atoms with Crippen LogP contribution < -0.4 is 0 Å². The first-order valence-corrected chi connectivity index (χ1v) is 5.86. The smallest absolute Gasteiger partial charge is 0.273 e. The van der Waals surface area contributed by atoms with E-state index in [0.29, 0.717) is 5.56 Å². The second kappa shape index (κ2) is 5.58. The Bertz CT molecular complexity index is 701. The molecule has 0 heterocycles. The number of nitrogens with zero attached hydrogens (tertiary/aromatic N) is 2. The van der Waals surface area contributed by atoms with Crippen LogP contribution in [-0.2, 0) is 0 Å². The van der Waals surface area contributed by atoms with Gasteiger partial charge in [0, 0.05) is 23.9 Å². The number of hydrogen-bond acceptors (Lipinski definition) is 5. The van der Waals surface area contributed by atoms with Crippen LogP contribution in [0.25, 0.3) is 0 Å². The van der Waals surface area contributed by atoms with E-state index in [-0.39, 0.29) is 27.9 Å². The van der Waals surface area contributed by atoms with Crippen molar-refractivity contribution in [1.82, 2.24) is 0 Å². The molecule has 2 N–H and O–H groups in total. The number of para-hydroxylation sites is 1. The highest BCUT2D eigenvalue weighted by atomic mass is 35.5. The van der Waals surface area contributed by atoms with E-state index >= 15 is 0 Å². The molecule has 0 bridgehead atoms. The van der Waals surface area contributed by atoms with E-state index in [0.717, 1.165) is 12.1 Å². The third-order valence-electron chi connectivity index (χ3n) is 2.52. The standard InChI is InChI=1S/C13H9ClN2O4/c14-10-5-9(16(19)20)6-11(13(10)18)15-7-8-3-1-2-4-12(8)17/h1-7,17-18H. The summed E-state index contributed by atoms with van der Waals surface area (Å²) in [6.07, 6.45) is 1.28. The number of nitro benzene ring substituents is 1. The fourth-order valence-electron chi connectivity index (χ4n) is 1.51. The van der Waals surface area contributed by atoms with Crippen LogP contribution in [0.15, 0.2) is 41.4 Å². The van der Waals surface area contributed by atoms with E-state index in [9.17, 15) is 20.3 Å². The average Bonchev–Trinajstić information content (AvgIpc) is 2.41. The van der Waals surface area contributed by atoms with Gasteiger partial charge in [-0.1, -0.05) is 23.7 Å². The van der Waals surface area contributed by atoms with Gasteiger partial charge in [-0.05, 0) is 12.1 Å². The lowest BCUT2D eigenvalue weighted by Gasteiger charge is -2.02. The minimum Gasteiger partial charge on any atom is -0.507 e. The summed E-state index contributed by atoms with van der Waals surface area (Å²) in [6.45, 7) is 0. The van der Waals surface area contributed by atoms with E-state index in [4.69, 9.17) is 11.6 Å². The van der Waals surface area contributed by atoms with Gasteiger partial charge < -0.3 is 10.2 Å². The summed E-state index contributed by atoms with van der Waals surface area (Å²) in [4.78, 5) is 14.0. The normalized spacial score (nSPS) is 10.8. The summed E-state index contributed by atoms with van der Waals surface area (Å²) >= 11 is 5.70. The summed E-state index contributed by atoms with van der Waals surface area (Å²) in [5.41, 5.74) is 0.0826. The number of nitro groups is 1. The molecule has 0 aliphatic carbocycles. The van der Waals surface area contributed by atoms with Crippen molar-refractivity contribution in [3.05, 3.63) is 57.1 Å². The third-order valence-corrected chi connectivity index (χ3v) is 2.81. The second-order valence-electron chi connectivity index (χ2n) is 3.87. The summed E-state index contributed by atoms with van der Waals surface area (Å²) in [5.74, 6) is -0.351. The second-order valence-corrected chi connectivity index (χ2v) is 4.28. The van der Waals surface area contributed by atoms with Gasteiger partial charge in [0.15, 0.2) is 5.75 Å². The van der Waals surface area contributed by atoms with Crippen LogP contribution >= 0.6 is 11.6 Å². The quantitative estimate of drug-likeness (QED) is 0.515. The van der Waals surface area contributed by atoms with Gasteiger partial charge in [-0.15, -0.1) is 0 Å². The molecule has 0 fully saturated rings. The molecule has 0 saturated carbocycles. The van der Waals surface area contributed by atoms with Crippen molar-refractivity contribution < 1.29 is 15.1 Å². The fraction of sp³-hybridized carbons (Fsp3) is 0. The Morgan fingerprint density at radius 2 is 1.95 bits per heavy atom. The first-order valence-electron chi connectivity index (χ1n) is 5.48. The minimum absolute atomic E-state index is 0.00673. The number of hydrogen-bond donors (Lipinski definition) is 2. The van der Waals surface area contributed by atoms with Crippen molar-refractivity contribution in [2.24, 2.45) is 4.99 Å². The molecule has 102 valence electrons. The van der Waals surface area contributed by atoms with E-state index < -0.39 is 4.92 Å². The number of phenols is 2. The van der Waals surface area contributed by atoms with Crippen molar-refractivity contribution in [3.63, 3.8) is 0 Å². The molecule has 0 atom stereocenters. The molecular weight excluding hydrogens is 284 g/mol. The third kappa shape index (κ3) is 2.86. The molecule has 0 aliphatic rings. The molecule has 2 aromatic carbocycles. The predicted molar refractivity (Wildman–Crippen MR) is 75.1 cm³/mol. The summed E-state index contributed by atoms with van der Waals surface area (Å²) in [6, 6.07) is 8.56. The van der Waals surface area contributed by atoms with Crippen molar-refractivity contribution >= 4 is 29.2 Å². The van der Waals surface area contributed by atoms with Crippen molar-refractivity contribution in [3.8, 4) is 11.5 Å². The van der Waals surface area contributed by atoms with Crippen LogP contribution in [0.5, 0.6) is 11.5 Å². The number of aromatic hydroxyl groups is 2. The van der Waals surface area contributed by atoms with E-state index in [2.05, 4.69) is 4.99 Å². The molecule has 0 aliphatic heterocycles. The highest BCUT2D eigenvalue weighted by molar-refractivity contribution is 6.32. The first kappa shape index (κ1) is 13.8. The molecule has 0 spiro atoms. The largest absolute Gasteiger partial charge is 0.507 e. The topological polar surface area (TPSA) is 96.0 Å². The lowest BCUT2D eigenvalue weighted by molar-refractivity contribution is -0.384. The molecule has 2 aromatic rings. The Morgan fingerprint density at radius 1 is 1.25 bits per heavy atom. The van der Waals surface area contributed by atoms with Crippen LogP contribution in [0, 0.1) is 10.1 Å². The molecule has 7 heteroatoms. The lowest BCUT2D eigenvalue weighted by Crippen LogP contribution is -1.88. The Balaban J connectivity index is 2.43. The van der Waals surface area contributed by atoms with Gasteiger partial charge in [-0.3, -0.25) is 15.1 Å². The number of non-ortho nitro benzene ring substituents is 1. The van der Waals surface area contributed by atoms with Gasteiger partial charge in [-0.2, -0.15) is 0 Å². The van der Waals surface area contributed by atoms with Crippen LogP contribution in [0.1, 0.15) is 5.56 Å². The SMILES string of the molecule is O=[N+]([O-])c1cc(Cl)c(O)c(N=Cc2ccccc2O)c1. The van der Waals surface area contributed by atoms with Crippen LogP contribution in [0.4, 0.5) is 11.4 Å². The van der Waals surface area contributed by atoms with Crippen LogP contribution in [-0.4, -0.2) is 21.4 Å². The molecule has 0 saturated heterocycles. The Hall–Kier alpha value is -2.60. The molecule has 20 heavy (non-hydrogen) atoms. The lowest BCUT2D eigenvalue weighted by atomic mass is 10.2. The predicted octanol–water partition coefficient (Wildman–Crippen LogP) is 3.41. The Morgan fingerprint density at radius 3 is 2.60 bits per heavy atom. The maximum atomic E-state index is 10.7. The molecule has 2 rings (SSSR count). The van der Waals surface area contributed by atoms with Crippen molar-refractivity contribution in [2.75, 3.05) is 0 Å². The van der Waals surface area contributed by atoms with E-state index in [1.54, 1.807) is 18.2 Å². The number of benzene rings is 2. The number of halogens is 1. The minimum atomic E-state index is -0.635. The van der Waals surface area contributed by atoms with Gasteiger partial charge in [0.2, 0.25) is 0 Å². The highest BCUT2D eigenvalue weighted by Gasteiger charge is 2.14. The maximum Gasteiger partial charge on any atom is 0.273 e. The van der Waals surface area contributed by atoms with E-state index in [1.165, 1.54) is 12.3 Å². The number of rotatable bonds is 3. The molecule has 6 nitrogen and oxygen atoms in total. The summed E-state index contributed by atoms with van der Waals surface area (Å²) in [7, 11) is 0. The Labute approximate surface area is 118 Å². The zero-order valence-corrected chi connectivity index (χ0v) is 10.8. The highest BCUT2D eigenvalue weighted by Crippen LogP contribution is 2.37. The fourth-order valence-corrected chi connectivity index (χ4v) is 1.72. The summed E-state index contributed by atoms with van der Waals surface area (Å²) < 4.78 is 0. The molecule has 0 aromatic heterocycles. The van der Waals surface area contributed by atoms with E-state index in [1.807, 2.05) is 0 Å². The number of aliphatic imine (C=N–C) groups is 1. The van der Waals surface area contributed by atoms with Gasteiger partial charge in [0.05, 0.1) is 9.95 Å². The summed E-state index contributed by atoms with van der Waals surface area (Å²) in [5, 5.41) is 29.8. The molecular formula is C13H9ClN2O4.